The van der Waals surface area contributed by atoms with Crippen LogP contribution < -0.4 is 0 Å². The van der Waals surface area contributed by atoms with E-state index >= 15 is 0 Å². The Labute approximate surface area is 99.0 Å². The third kappa shape index (κ3) is 2.34. The number of hydrogen-bond donors (Lipinski definition) is 1. The molecule has 1 rings (SSSR count). The number of halogens is 4. The maximum Gasteiger partial charge on any atom is 0.314 e. The van der Waals surface area contributed by atoms with Crippen molar-refractivity contribution in [1.82, 2.24) is 0 Å². The zero-order chi connectivity index (χ0) is 14.0. The second kappa shape index (κ2) is 5.16. The Morgan fingerprint density at radius 1 is 1.17 bits per heavy atom. The Kier molecular flexibility index (Phi) is 4.05. The molecule has 18 heavy (non-hydrogen) atoms. The van der Waals surface area contributed by atoms with Crippen molar-refractivity contribution < 1.29 is 32.3 Å². The van der Waals surface area contributed by atoms with Crippen LogP contribution in [0.2, 0.25) is 0 Å². The molecule has 0 spiro atoms. The monoisotopic (exact) mass is 264 g/mol. The second-order valence-corrected chi connectivity index (χ2v) is 3.51. The fraction of sp³-hybridized carbons (Fsp3) is 0.273. The molecule has 1 atom stereocenters. The van der Waals surface area contributed by atoms with Gasteiger partial charge in [-0.15, -0.1) is 0 Å². The van der Waals surface area contributed by atoms with Gasteiger partial charge in [0.15, 0.2) is 29.1 Å². The molecule has 0 saturated heterocycles. The normalized spacial score (nSPS) is 12.3. The molecule has 0 fully saturated rings. The Morgan fingerprint density at radius 3 is 2.17 bits per heavy atom. The number of carbonyl (C=O) groups is 2. The van der Waals surface area contributed by atoms with Gasteiger partial charge in [0.25, 0.3) is 0 Å². The summed E-state index contributed by atoms with van der Waals surface area (Å²) in [5.41, 5.74) is -1.11. The van der Waals surface area contributed by atoms with Crippen LogP contribution >= 0.6 is 0 Å². The van der Waals surface area contributed by atoms with Crippen LogP contribution in [0.1, 0.15) is 23.7 Å². The first-order valence-electron chi connectivity index (χ1n) is 4.91. The predicted molar refractivity (Wildman–Crippen MR) is 52.0 cm³/mol. The average Bonchev–Trinajstić information content (AvgIpc) is 2.31. The maximum absolute atomic E-state index is 13.3. The van der Waals surface area contributed by atoms with E-state index in [-0.39, 0.29) is 12.5 Å². The number of carboxylic acid groups (broad SMARTS) is 1. The zero-order valence-electron chi connectivity index (χ0n) is 9.14. The van der Waals surface area contributed by atoms with Crippen LogP contribution in [0.3, 0.4) is 0 Å². The van der Waals surface area contributed by atoms with Crippen molar-refractivity contribution in [2.45, 2.75) is 13.3 Å². The Balaban J connectivity index is 3.34. The summed E-state index contributed by atoms with van der Waals surface area (Å²) in [4.78, 5) is 22.3. The molecule has 1 aromatic rings. The van der Waals surface area contributed by atoms with Gasteiger partial charge >= 0.3 is 5.97 Å². The minimum atomic E-state index is -2.14. The first-order chi connectivity index (χ1) is 8.31. The van der Waals surface area contributed by atoms with Crippen molar-refractivity contribution >= 4 is 11.8 Å². The summed E-state index contributed by atoms with van der Waals surface area (Å²) in [6.45, 7) is 1.34. The molecular formula is C11H8F4O3. The highest BCUT2D eigenvalue weighted by Crippen LogP contribution is 2.22. The van der Waals surface area contributed by atoms with E-state index in [0.29, 0.717) is 0 Å². The molecular weight excluding hydrogens is 256 g/mol. The van der Waals surface area contributed by atoms with Crippen molar-refractivity contribution in [1.29, 1.82) is 0 Å². The molecule has 0 heterocycles. The van der Waals surface area contributed by atoms with Crippen LogP contribution in [-0.2, 0) is 4.79 Å². The highest BCUT2D eigenvalue weighted by molar-refractivity contribution is 6.08. The first-order valence-corrected chi connectivity index (χ1v) is 4.91. The van der Waals surface area contributed by atoms with Crippen LogP contribution in [0.5, 0.6) is 0 Å². The molecule has 0 radical (unpaired) electrons. The average molecular weight is 264 g/mol. The summed E-state index contributed by atoms with van der Waals surface area (Å²) in [6.07, 6.45) is -0.186. The summed E-state index contributed by atoms with van der Waals surface area (Å²) in [6, 6.07) is 0.154. The van der Waals surface area contributed by atoms with E-state index in [0.717, 1.165) is 0 Å². The highest BCUT2D eigenvalue weighted by atomic mass is 19.2. The maximum atomic E-state index is 13.3. The zero-order valence-corrected chi connectivity index (χ0v) is 9.14. The molecule has 0 unspecified atom stereocenters. The number of aliphatic carboxylic acids is 1. The summed E-state index contributed by atoms with van der Waals surface area (Å²) >= 11 is 0. The van der Waals surface area contributed by atoms with Crippen LogP contribution in [0.15, 0.2) is 6.07 Å². The first kappa shape index (κ1) is 14.1. The van der Waals surface area contributed by atoms with Gasteiger partial charge in [-0.25, -0.2) is 17.6 Å². The number of carbonyl (C=O) groups excluding carboxylic acids is 1. The summed E-state index contributed by atoms with van der Waals surface area (Å²) < 4.78 is 51.7. The highest BCUT2D eigenvalue weighted by Gasteiger charge is 2.30. The van der Waals surface area contributed by atoms with E-state index in [1.807, 2.05) is 0 Å². The van der Waals surface area contributed by atoms with Crippen molar-refractivity contribution in [2.75, 3.05) is 0 Å². The van der Waals surface area contributed by atoms with Crippen molar-refractivity contribution in [2.24, 2.45) is 5.92 Å². The summed E-state index contributed by atoms with van der Waals surface area (Å²) in [7, 11) is 0. The topological polar surface area (TPSA) is 54.4 Å². The molecule has 1 N–H and O–H groups in total. The lowest BCUT2D eigenvalue weighted by Crippen LogP contribution is -2.24. The largest absolute Gasteiger partial charge is 0.481 e. The predicted octanol–water partition coefficient (Wildman–Crippen LogP) is 2.54. The number of rotatable bonds is 4. The second-order valence-electron chi connectivity index (χ2n) is 3.51. The van der Waals surface area contributed by atoms with Crippen LogP contribution in [-0.4, -0.2) is 16.9 Å². The minimum Gasteiger partial charge on any atom is -0.481 e. The van der Waals surface area contributed by atoms with Gasteiger partial charge in [-0.05, 0) is 12.5 Å². The smallest absolute Gasteiger partial charge is 0.314 e. The third-order valence-corrected chi connectivity index (χ3v) is 2.39. The van der Waals surface area contributed by atoms with E-state index in [2.05, 4.69) is 0 Å². The van der Waals surface area contributed by atoms with Gasteiger partial charge in [0.1, 0.15) is 5.92 Å². The molecule has 98 valence electrons. The van der Waals surface area contributed by atoms with E-state index in [1.165, 1.54) is 6.92 Å². The Hall–Kier alpha value is -1.92. The van der Waals surface area contributed by atoms with Gasteiger partial charge in [-0.1, -0.05) is 6.92 Å². The lowest BCUT2D eigenvalue weighted by atomic mass is 9.95. The van der Waals surface area contributed by atoms with Gasteiger partial charge in [0, 0.05) is 0 Å². The van der Waals surface area contributed by atoms with Crippen molar-refractivity contribution in [3.05, 3.63) is 34.9 Å². The van der Waals surface area contributed by atoms with Gasteiger partial charge in [0.2, 0.25) is 0 Å². The van der Waals surface area contributed by atoms with Crippen LogP contribution in [0.4, 0.5) is 17.6 Å². The molecule has 1 aromatic carbocycles. The number of ketones is 1. The lowest BCUT2D eigenvalue weighted by molar-refractivity contribution is -0.140. The fourth-order valence-electron chi connectivity index (χ4n) is 1.41. The van der Waals surface area contributed by atoms with E-state index < -0.39 is 46.5 Å². The lowest BCUT2D eigenvalue weighted by Gasteiger charge is -2.10. The molecule has 0 aliphatic heterocycles. The molecule has 0 amide bonds. The van der Waals surface area contributed by atoms with E-state index in [4.69, 9.17) is 5.11 Å². The number of carboxylic acids is 1. The minimum absolute atomic E-state index is 0.154. The molecule has 0 bridgehead atoms. The van der Waals surface area contributed by atoms with E-state index in [9.17, 15) is 27.2 Å². The molecule has 3 nitrogen and oxygen atoms in total. The van der Waals surface area contributed by atoms with Gasteiger partial charge in [0.05, 0.1) is 5.56 Å². The van der Waals surface area contributed by atoms with Gasteiger partial charge in [-0.3, -0.25) is 9.59 Å². The number of benzene rings is 1. The van der Waals surface area contributed by atoms with Gasteiger partial charge in [-0.2, -0.15) is 0 Å². The third-order valence-electron chi connectivity index (χ3n) is 2.39. The quantitative estimate of drug-likeness (QED) is 0.299. The standard InChI is InChI=1S/C11H8F4O3/c1-2-4(11(17)18)10(16)5-3-6(12)8(14)9(15)7(5)13/h3-4H,2H2,1H3,(H,17,18)/t4-/m0/s1. The molecule has 0 aliphatic carbocycles. The Bertz CT molecular complexity index is 514. The Morgan fingerprint density at radius 2 is 1.72 bits per heavy atom. The SMILES string of the molecule is CC[C@H](C(=O)O)C(=O)c1cc(F)c(F)c(F)c1F. The molecule has 7 heteroatoms. The molecule has 0 saturated carbocycles. The van der Waals surface area contributed by atoms with Crippen LogP contribution in [0.25, 0.3) is 0 Å². The number of hydrogen-bond acceptors (Lipinski definition) is 2. The van der Waals surface area contributed by atoms with Crippen molar-refractivity contribution in [3.63, 3.8) is 0 Å². The van der Waals surface area contributed by atoms with Crippen molar-refractivity contribution in [3.8, 4) is 0 Å². The molecule has 0 aliphatic rings. The summed E-state index contributed by atoms with van der Waals surface area (Å²) in [5.74, 6) is -12.3. The molecule has 0 aromatic heterocycles. The van der Waals surface area contributed by atoms with Gasteiger partial charge < -0.3 is 5.11 Å². The van der Waals surface area contributed by atoms with Crippen LogP contribution in [0, 0.1) is 29.2 Å². The number of Topliss-reactive ketones (excluding diaryl/α,β-unsaturated/α-hetero) is 1. The van der Waals surface area contributed by atoms with E-state index in [1.54, 1.807) is 0 Å². The fourth-order valence-corrected chi connectivity index (χ4v) is 1.41. The summed E-state index contributed by atoms with van der Waals surface area (Å²) in [5, 5.41) is 8.68.